The van der Waals surface area contributed by atoms with Gasteiger partial charge in [-0.2, -0.15) is 0 Å². The van der Waals surface area contributed by atoms with Gasteiger partial charge in [0.25, 0.3) is 0 Å². The van der Waals surface area contributed by atoms with E-state index >= 15 is 0 Å². The number of fused-ring (bicyclic) bond motifs is 1. The molecule has 1 aliphatic heterocycles. The number of hydrogen-bond acceptors (Lipinski definition) is 5. The Kier molecular flexibility index (Phi) is 4.84. The number of carboxylic acids is 1. The number of likely N-dealkylation sites (tertiary alicyclic amines) is 1. The Labute approximate surface area is 160 Å². The molecule has 0 radical (unpaired) electrons. The lowest BCUT2D eigenvalue weighted by Crippen LogP contribution is -2.36. The van der Waals surface area contributed by atoms with E-state index in [-0.39, 0.29) is 11.3 Å². The molecule has 7 nitrogen and oxygen atoms in total. The second-order valence-electron chi connectivity index (χ2n) is 6.89. The summed E-state index contributed by atoms with van der Waals surface area (Å²) in [5.41, 5.74) is 4.04. The van der Waals surface area contributed by atoms with Crippen molar-refractivity contribution >= 4 is 28.3 Å². The van der Waals surface area contributed by atoms with Gasteiger partial charge in [-0.3, -0.25) is 14.0 Å². The van der Waals surface area contributed by atoms with E-state index in [1.54, 1.807) is 32.8 Å². The number of carbonyl (C=O) groups is 1. The van der Waals surface area contributed by atoms with Crippen LogP contribution >= 0.6 is 11.3 Å². The Balaban J connectivity index is 1.82. The van der Waals surface area contributed by atoms with Crippen LogP contribution < -0.4 is 5.69 Å². The first-order valence-corrected chi connectivity index (χ1v) is 10.1. The number of rotatable bonds is 6. The van der Waals surface area contributed by atoms with E-state index in [0.29, 0.717) is 24.6 Å². The molecule has 0 spiro atoms. The van der Waals surface area contributed by atoms with E-state index in [1.807, 2.05) is 5.38 Å². The van der Waals surface area contributed by atoms with E-state index < -0.39 is 5.97 Å². The predicted molar refractivity (Wildman–Crippen MR) is 105 cm³/mol. The van der Waals surface area contributed by atoms with Crippen LogP contribution in [0.2, 0.25) is 0 Å². The van der Waals surface area contributed by atoms with Crippen LogP contribution in [0.4, 0.5) is 0 Å². The van der Waals surface area contributed by atoms with Crippen LogP contribution in [0.25, 0.3) is 11.0 Å². The highest BCUT2D eigenvalue weighted by atomic mass is 32.1. The summed E-state index contributed by atoms with van der Waals surface area (Å²) >= 11 is 1.48. The summed E-state index contributed by atoms with van der Waals surface area (Å²) in [4.78, 5) is 31.3. The van der Waals surface area contributed by atoms with E-state index in [2.05, 4.69) is 16.8 Å². The molecule has 0 amide bonds. The Bertz CT molecular complexity index is 1020. The molecule has 3 heterocycles. The molecule has 27 heavy (non-hydrogen) atoms. The zero-order valence-electron chi connectivity index (χ0n) is 15.2. The van der Waals surface area contributed by atoms with Gasteiger partial charge in [0.2, 0.25) is 0 Å². The number of aromatic nitrogens is 3. The minimum Gasteiger partial charge on any atom is -0.478 e. The van der Waals surface area contributed by atoms with Gasteiger partial charge in [0.15, 0.2) is 0 Å². The van der Waals surface area contributed by atoms with Crippen LogP contribution in [0.1, 0.15) is 35.8 Å². The molecule has 1 N–H and O–H groups in total. The molecule has 3 aromatic rings. The van der Waals surface area contributed by atoms with Gasteiger partial charge in [0.05, 0.1) is 34.3 Å². The molecular weight excluding hydrogens is 364 g/mol. The van der Waals surface area contributed by atoms with Crippen molar-refractivity contribution < 1.29 is 9.90 Å². The predicted octanol–water partition coefficient (Wildman–Crippen LogP) is 2.49. The summed E-state index contributed by atoms with van der Waals surface area (Å²) in [5, 5.41) is 11.3. The average Bonchev–Trinajstić information content (AvgIpc) is 3.38. The molecule has 1 saturated heterocycles. The number of likely N-dealkylation sites (N-methyl/N-ethyl adjacent to an activating group) is 1. The quantitative estimate of drug-likeness (QED) is 0.704. The van der Waals surface area contributed by atoms with E-state index in [1.165, 1.54) is 11.3 Å². The first kappa shape index (κ1) is 17.9. The lowest BCUT2D eigenvalue weighted by Gasteiger charge is -2.22. The van der Waals surface area contributed by atoms with Crippen molar-refractivity contribution in [3.8, 4) is 0 Å². The molecule has 4 rings (SSSR count). The van der Waals surface area contributed by atoms with Gasteiger partial charge in [0, 0.05) is 18.0 Å². The molecule has 8 heteroatoms. The zero-order valence-corrected chi connectivity index (χ0v) is 16.0. The van der Waals surface area contributed by atoms with Crippen LogP contribution in [0, 0.1) is 0 Å². The number of aromatic carboxylic acids is 1. The first-order chi connectivity index (χ1) is 13.1. The van der Waals surface area contributed by atoms with Gasteiger partial charge in [-0.15, -0.1) is 11.3 Å². The third-order valence-electron chi connectivity index (χ3n) is 5.37. The Morgan fingerprint density at radius 3 is 2.89 bits per heavy atom. The van der Waals surface area contributed by atoms with E-state index in [9.17, 15) is 14.7 Å². The summed E-state index contributed by atoms with van der Waals surface area (Å²) in [6.45, 7) is 5.15. The molecule has 0 saturated carbocycles. The molecular formula is C19H22N4O3S. The summed E-state index contributed by atoms with van der Waals surface area (Å²) in [5.74, 6) is -0.995. The molecule has 0 bridgehead atoms. The monoisotopic (exact) mass is 386 g/mol. The molecule has 1 atom stereocenters. The lowest BCUT2D eigenvalue weighted by atomic mass is 10.2. The van der Waals surface area contributed by atoms with Gasteiger partial charge in [-0.25, -0.2) is 14.6 Å². The molecule has 142 valence electrons. The van der Waals surface area contributed by atoms with Crippen molar-refractivity contribution in [2.24, 2.45) is 0 Å². The lowest BCUT2D eigenvalue weighted by molar-refractivity contribution is 0.0697. The Hall–Kier alpha value is -2.45. The highest BCUT2D eigenvalue weighted by Crippen LogP contribution is 2.22. The van der Waals surface area contributed by atoms with Gasteiger partial charge < -0.3 is 5.11 Å². The highest BCUT2D eigenvalue weighted by Gasteiger charge is 2.26. The minimum atomic E-state index is -0.995. The number of imidazole rings is 1. The Morgan fingerprint density at radius 2 is 2.19 bits per heavy atom. The van der Waals surface area contributed by atoms with Crippen molar-refractivity contribution in [1.29, 1.82) is 0 Å². The normalized spacial score (nSPS) is 17.7. The molecule has 0 aliphatic carbocycles. The number of carboxylic acid groups (broad SMARTS) is 1. The van der Waals surface area contributed by atoms with Crippen LogP contribution in [-0.4, -0.2) is 49.2 Å². The third kappa shape index (κ3) is 3.30. The standard InChI is InChI=1S/C19H22N4O3S/c1-2-21-7-3-4-15(21)10-23-16-6-5-13(18(24)25)8-17(16)22(19(23)26)9-14-11-27-12-20-14/h5-6,8,11-12,15H,2-4,7,9-10H2,1H3,(H,24,25). The van der Waals surface area contributed by atoms with Crippen LogP contribution in [0.3, 0.4) is 0 Å². The van der Waals surface area contributed by atoms with E-state index in [0.717, 1.165) is 37.1 Å². The summed E-state index contributed by atoms with van der Waals surface area (Å²) in [6.07, 6.45) is 2.22. The average molecular weight is 386 g/mol. The van der Waals surface area contributed by atoms with Gasteiger partial charge >= 0.3 is 11.7 Å². The summed E-state index contributed by atoms with van der Waals surface area (Å²) in [7, 11) is 0. The summed E-state index contributed by atoms with van der Waals surface area (Å²) in [6, 6.07) is 5.25. The zero-order chi connectivity index (χ0) is 19.0. The smallest absolute Gasteiger partial charge is 0.335 e. The Morgan fingerprint density at radius 1 is 1.33 bits per heavy atom. The van der Waals surface area contributed by atoms with Gasteiger partial charge in [-0.05, 0) is 44.1 Å². The topological polar surface area (TPSA) is 80.4 Å². The molecule has 1 fully saturated rings. The van der Waals surface area contributed by atoms with Gasteiger partial charge in [-0.1, -0.05) is 6.92 Å². The van der Waals surface area contributed by atoms with Crippen molar-refractivity contribution in [2.45, 2.75) is 38.9 Å². The number of thiazole rings is 1. The van der Waals surface area contributed by atoms with E-state index in [4.69, 9.17) is 0 Å². The maximum absolute atomic E-state index is 13.2. The van der Waals surface area contributed by atoms with Crippen LogP contribution in [-0.2, 0) is 13.1 Å². The number of benzene rings is 1. The van der Waals surface area contributed by atoms with Crippen molar-refractivity contribution in [2.75, 3.05) is 13.1 Å². The maximum Gasteiger partial charge on any atom is 0.335 e. The molecule has 1 aromatic carbocycles. The van der Waals surface area contributed by atoms with Crippen LogP contribution in [0.15, 0.2) is 33.9 Å². The second kappa shape index (κ2) is 7.28. The second-order valence-corrected chi connectivity index (χ2v) is 7.61. The maximum atomic E-state index is 13.2. The van der Waals surface area contributed by atoms with Crippen molar-refractivity contribution in [3.05, 3.63) is 50.8 Å². The fraction of sp³-hybridized carbons (Fsp3) is 0.421. The van der Waals surface area contributed by atoms with Crippen molar-refractivity contribution in [3.63, 3.8) is 0 Å². The number of hydrogen-bond donors (Lipinski definition) is 1. The fourth-order valence-electron chi connectivity index (χ4n) is 3.99. The number of nitrogens with zero attached hydrogens (tertiary/aromatic N) is 4. The highest BCUT2D eigenvalue weighted by molar-refractivity contribution is 7.07. The summed E-state index contributed by atoms with van der Waals surface area (Å²) < 4.78 is 3.44. The molecule has 1 aliphatic rings. The fourth-order valence-corrected chi connectivity index (χ4v) is 4.54. The van der Waals surface area contributed by atoms with Gasteiger partial charge in [0.1, 0.15) is 0 Å². The SMILES string of the molecule is CCN1CCCC1Cn1c(=O)n(Cc2cscn2)c2cc(C(=O)O)ccc21. The first-order valence-electron chi connectivity index (χ1n) is 9.16. The molecule has 2 aromatic heterocycles. The molecule has 1 unspecified atom stereocenters. The largest absolute Gasteiger partial charge is 0.478 e. The third-order valence-corrected chi connectivity index (χ3v) is 6.00. The van der Waals surface area contributed by atoms with Crippen molar-refractivity contribution in [1.82, 2.24) is 19.0 Å². The minimum absolute atomic E-state index is 0.108. The van der Waals surface area contributed by atoms with Crippen LogP contribution in [0.5, 0.6) is 0 Å².